The molecule has 258 valence electrons. The van der Waals surface area contributed by atoms with E-state index in [4.69, 9.17) is 0 Å². The first-order chi connectivity index (χ1) is 23.9. The molecule has 0 aliphatic heterocycles. The molecule has 0 aromatic heterocycles. The molecule has 0 fully saturated rings. The first kappa shape index (κ1) is 34.6. The molecule has 1 atom stereocenters. The maximum Gasteiger partial charge on any atom is 0.195 e. The molecule has 0 aliphatic rings. The Morgan fingerprint density at radius 2 is 0.900 bits per heavy atom. The van der Waals surface area contributed by atoms with Gasteiger partial charge in [-0.15, -0.1) is 0 Å². The summed E-state index contributed by atoms with van der Waals surface area (Å²) in [4.78, 5) is 0. The van der Waals surface area contributed by atoms with Gasteiger partial charge in [-0.3, -0.25) is 0 Å². The van der Waals surface area contributed by atoms with Crippen molar-refractivity contribution in [1.29, 1.82) is 0 Å². The van der Waals surface area contributed by atoms with Crippen molar-refractivity contribution in [3.63, 3.8) is 0 Å². The fourth-order valence-electron chi connectivity index (χ4n) is 7.72. The Bertz CT molecular complexity index is 2460. The van der Waals surface area contributed by atoms with Crippen molar-refractivity contribution in [1.82, 2.24) is 0 Å². The van der Waals surface area contributed by atoms with Crippen molar-refractivity contribution in [2.45, 2.75) is 51.4 Å². The second-order valence-corrected chi connectivity index (χ2v) is 20.9. The zero-order valence-corrected chi connectivity index (χ0v) is 29.2. The van der Waals surface area contributed by atoms with Gasteiger partial charge in [0.15, 0.2) is 52.4 Å². The van der Waals surface area contributed by atoms with Gasteiger partial charge in [-0.25, -0.2) is 39.5 Å². The molecule has 0 spiro atoms. The lowest BCUT2D eigenvalue weighted by Crippen LogP contribution is -2.31. The molecule has 0 saturated heterocycles. The van der Waals surface area contributed by atoms with E-state index in [0.717, 1.165) is 45.7 Å². The smallest absolute Gasteiger partial charge is 0.195 e. The molecule has 0 radical (unpaired) electrons. The quantitative estimate of drug-likeness (QED) is 0.0347. The second kappa shape index (κ2) is 12.7. The Morgan fingerprint density at radius 1 is 0.460 bits per heavy atom. The summed E-state index contributed by atoms with van der Waals surface area (Å²) in [6.45, 7) is 6.37. The van der Waals surface area contributed by atoms with Gasteiger partial charge in [0.1, 0.15) is 0 Å². The van der Waals surface area contributed by atoms with Crippen molar-refractivity contribution in [3.8, 4) is 0 Å². The van der Waals surface area contributed by atoms with Crippen molar-refractivity contribution in [2.24, 2.45) is 0 Å². The highest BCUT2D eigenvalue weighted by molar-refractivity contribution is 7.73. The van der Waals surface area contributed by atoms with E-state index in [0.29, 0.717) is 11.7 Å². The van der Waals surface area contributed by atoms with Crippen LogP contribution in [-0.2, 0) is 0 Å². The highest BCUT2D eigenvalue weighted by atomic mass is 31.1. The molecule has 0 nitrogen and oxygen atoms in total. The van der Waals surface area contributed by atoms with E-state index in [-0.39, 0.29) is 6.16 Å². The van der Waals surface area contributed by atoms with Crippen LogP contribution in [0.4, 0.5) is 39.5 Å². The van der Waals surface area contributed by atoms with Crippen molar-refractivity contribution < 1.29 is 39.5 Å². The number of hydrogen-bond acceptors (Lipinski definition) is 0. The highest BCUT2D eigenvalue weighted by Crippen LogP contribution is 2.49. The molecule has 0 N–H and O–H groups in total. The van der Waals surface area contributed by atoms with Gasteiger partial charge in [0, 0.05) is 21.5 Å². The van der Waals surface area contributed by atoms with Crippen LogP contribution in [0.15, 0.2) is 54.6 Å². The Labute approximate surface area is 284 Å². The van der Waals surface area contributed by atoms with Crippen LogP contribution in [0.25, 0.3) is 53.9 Å². The van der Waals surface area contributed by atoms with Crippen molar-refractivity contribution in [3.05, 3.63) is 107 Å². The van der Waals surface area contributed by atoms with Crippen LogP contribution in [0.2, 0.25) is 24.2 Å². The van der Waals surface area contributed by atoms with Gasteiger partial charge in [0.2, 0.25) is 0 Å². The van der Waals surface area contributed by atoms with E-state index in [1.807, 2.05) is 36.4 Å². The third-order valence-electron chi connectivity index (χ3n) is 10.8. The largest absolute Gasteiger partial charge is 0.203 e. The predicted molar refractivity (Wildman–Crippen MR) is 189 cm³/mol. The first-order valence-electron chi connectivity index (χ1n) is 16.5. The van der Waals surface area contributed by atoms with E-state index >= 15 is 35.1 Å². The summed E-state index contributed by atoms with van der Waals surface area (Å²) in [7, 11) is -3.84. The molecule has 0 heterocycles. The van der Waals surface area contributed by atoms with Gasteiger partial charge in [-0.1, -0.05) is 87.8 Å². The van der Waals surface area contributed by atoms with Crippen LogP contribution in [0.3, 0.4) is 0 Å². The van der Waals surface area contributed by atoms with Crippen LogP contribution in [-0.4, -0.2) is 14.2 Å². The Kier molecular flexibility index (Phi) is 8.79. The van der Waals surface area contributed by atoms with Crippen molar-refractivity contribution >= 4 is 80.5 Å². The van der Waals surface area contributed by atoms with Crippen LogP contribution in [0.1, 0.15) is 27.2 Å². The van der Waals surface area contributed by atoms with Gasteiger partial charge >= 0.3 is 0 Å². The molecule has 50 heavy (non-hydrogen) atoms. The third kappa shape index (κ3) is 5.00. The van der Waals surface area contributed by atoms with Crippen LogP contribution < -0.4 is 10.6 Å². The van der Waals surface area contributed by atoms with E-state index in [1.165, 1.54) is 0 Å². The van der Waals surface area contributed by atoms with Crippen LogP contribution >= 0.6 is 7.92 Å². The molecular weight excluding hydrogens is 698 g/mol. The fraction of sp³-hybridized carbons (Fsp3) is 0.231. The van der Waals surface area contributed by atoms with E-state index in [1.54, 1.807) is 18.2 Å². The Hall–Kier alpha value is -3.88. The summed E-state index contributed by atoms with van der Waals surface area (Å²) in [6.07, 6.45) is 0.715. The number of halogens is 9. The van der Waals surface area contributed by atoms with Gasteiger partial charge in [-0.05, 0) is 59.1 Å². The Balaban J connectivity index is 1.58. The number of fused-ring (bicyclic) bond motifs is 2. The van der Waals surface area contributed by atoms with Gasteiger partial charge in [0.25, 0.3) is 0 Å². The van der Waals surface area contributed by atoms with E-state index in [9.17, 15) is 4.39 Å². The number of hydrogen-bond donors (Lipinski definition) is 0. The summed E-state index contributed by atoms with van der Waals surface area (Å²) < 4.78 is 141. The standard InChI is InChI=1S/C39H30F9PSi/c1-4-50(5-2,6-3)15-9-14-49(23-13-12-21-16-19-10-7-8-11-20(19)17-22(21)18-23)39-29-25-24-26(30(40)31(41)28(25)35(45)38(39)48)33(43)37(47)34(44)27(24)32(42)36(29)46/h7-8,10-13,16-18H,4-6,9,14-15H2,1-3H3. The van der Waals surface area contributed by atoms with Crippen molar-refractivity contribution in [2.75, 3.05) is 6.16 Å². The molecule has 0 amide bonds. The number of rotatable bonds is 9. The molecule has 7 aromatic carbocycles. The maximum atomic E-state index is 16.6. The lowest BCUT2D eigenvalue weighted by atomic mass is 9.91. The molecule has 0 aliphatic carbocycles. The van der Waals surface area contributed by atoms with Crippen LogP contribution in [0.5, 0.6) is 0 Å². The lowest BCUT2D eigenvalue weighted by Gasteiger charge is -2.30. The summed E-state index contributed by atoms with van der Waals surface area (Å²) in [6, 6.07) is 20.6. The van der Waals surface area contributed by atoms with Gasteiger partial charge in [-0.2, -0.15) is 0 Å². The highest BCUT2D eigenvalue weighted by Gasteiger charge is 2.37. The molecular formula is C39H30F9PSi. The second-order valence-electron chi connectivity index (χ2n) is 13.0. The van der Waals surface area contributed by atoms with E-state index < -0.39 is 106 Å². The lowest BCUT2D eigenvalue weighted by molar-refractivity contribution is 0.448. The molecule has 0 saturated carbocycles. The summed E-state index contributed by atoms with van der Waals surface area (Å²) in [5.74, 6) is -18.6. The zero-order valence-electron chi connectivity index (χ0n) is 27.3. The minimum Gasteiger partial charge on any atom is -0.203 e. The van der Waals surface area contributed by atoms with Crippen LogP contribution in [0, 0.1) is 52.4 Å². The first-order valence-corrected chi connectivity index (χ1v) is 20.8. The monoisotopic (exact) mass is 728 g/mol. The van der Waals surface area contributed by atoms with Gasteiger partial charge < -0.3 is 0 Å². The summed E-state index contributed by atoms with van der Waals surface area (Å²) >= 11 is 0. The predicted octanol–water partition coefficient (Wildman–Crippen LogP) is 12.5. The molecule has 7 aromatic rings. The average molecular weight is 729 g/mol. The Morgan fingerprint density at radius 3 is 1.44 bits per heavy atom. The molecule has 1 unspecified atom stereocenters. The fourth-order valence-corrected chi connectivity index (χ4v) is 14.1. The van der Waals surface area contributed by atoms with E-state index in [2.05, 4.69) is 20.8 Å². The minimum absolute atomic E-state index is 0.193. The number of benzene rings is 7. The summed E-state index contributed by atoms with van der Waals surface area (Å²) in [5, 5.41) is -4.16. The topological polar surface area (TPSA) is 0 Å². The van der Waals surface area contributed by atoms with Gasteiger partial charge in [0.05, 0.1) is 24.2 Å². The SMILES string of the molecule is CC[Si](CC)(CC)CCCP(c1ccc2cc3ccccc3cc2c1)c1c(F)c(F)c2c(F)c(F)c3c(F)c(F)c(F)c4c(F)c(F)c1c2c34. The summed E-state index contributed by atoms with van der Waals surface area (Å²) in [5.41, 5.74) is 0. The third-order valence-corrected chi connectivity index (χ3v) is 19.3. The molecule has 11 heteroatoms. The maximum absolute atomic E-state index is 16.6. The molecule has 7 rings (SSSR count). The minimum atomic E-state index is -2.36. The molecule has 0 bridgehead atoms. The average Bonchev–Trinajstić information content (AvgIpc) is 3.12. The zero-order chi connectivity index (χ0) is 35.8. The normalized spacial score (nSPS) is 13.2.